The average molecular weight is 447 g/mol. The van der Waals surface area contributed by atoms with Crippen LogP contribution in [0.2, 0.25) is 0 Å². The van der Waals surface area contributed by atoms with E-state index in [0.29, 0.717) is 41.8 Å². The second kappa shape index (κ2) is 9.72. The second-order valence-corrected chi connectivity index (χ2v) is 8.94. The van der Waals surface area contributed by atoms with Crippen LogP contribution in [0.15, 0.2) is 12.1 Å². The first-order chi connectivity index (χ1) is 15.1. The van der Waals surface area contributed by atoms with Crippen molar-refractivity contribution in [1.82, 2.24) is 15.1 Å². The van der Waals surface area contributed by atoms with Crippen molar-refractivity contribution in [1.29, 1.82) is 0 Å². The second-order valence-electron chi connectivity index (χ2n) is 7.95. The maximum Gasteiger partial charge on any atom is 0.254 e. The fourth-order valence-electron chi connectivity index (χ4n) is 4.36. The molecule has 2 fully saturated rings. The number of nitrogens with zero attached hydrogens (tertiary/aromatic N) is 4. The van der Waals surface area contributed by atoms with Crippen molar-refractivity contribution in [3.8, 4) is 17.2 Å². The number of benzene rings is 1. The smallest absolute Gasteiger partial charge is 0.254 e. The Bertz CT molecular complexity index is 880. The highest BCUT2D eigenvalue weighted by Gasteiger charge is 2.27. The predicted molar refractivity (Wildman–Crippen MR) is 120 cm³/mol. The highest BCUT2D eigenvalue weighted by molar-refractivity contribution is 7.15. The molecule has 0 radical (unpaired) electrons. The first-order valence-electron chi connectivity index (χ1n) is 10.8. The number of anilines is 1. The van der Waals surface area contributed by atoms with Crippen molar-refractivity contribution >= 4 is 22.4 Å². The fraction of sp³-hybridized carbons (Fsp3) is 0.591. The van der Waals surface area contributed by atoms with Crippen molar-refractivity contribution in [3.63, 3.8) is 0 Å². The maximum absolute atomic E-state index is 13.1. The minimum atomic E-state index is -0.0425. The summed E-state index contributed by atoms with van der Waals surface area (Å²) in [5.74, 6) is 1.97. The predicted octanol–water partition coefficient (Wildman–Crippen LogP) is 3.57. The van der Waals surface area contributed by atoms with Crippen LogP contribution in [-0.2, 0) is 0 Å². The van der Waals surface area contributed by atoms with E-state index in [4.69, 9.17) is 14.2 Å². The molecule has 0 unspecified atom stereocenters. The minimum Gasteiger partial charge on any atom is -0.493 e. The largest absolute Gasteiger partial charge is 0.493 e. The highest BCUT2D eigenvalue weighted by Crippen LogP contribution is 2.39. The van der Waals surface area contributed by atoms with E-state index in [1.54, 1.807) is 44.8 Å². The maximum atomic E-state index is 13.1. The third-order valence-electron chi connectivity index (χ3n) is 6.13. The summed E-state index contributed by atoms with van der Waals surface area (Å²) in [6.07, 6.45) is 6.38. The summed E-state index contributed by atoms with van der Waals surface area (Å²) >= 11 is 1.72. The molecule has 0 atom stereocenters. The standard InChI is InChI=1S/C22H30N4O4S/c1-28-17-13-16(14-18(29-2)19(17)30-3)21(27)25-9-11-26(12-10-25)22-24-23-20(31-22)15-7-5-4-6-8-15/h13-15H,4-12H2,1-3H3. The number of hydrogen-bond acceptors (Lipinski definition) is 8. The van der Waals surface area contributed by atoms with Gasteiger partial charge in [0.25, 0.3) is 5.91 Å². The van der Waals surface area contributed by atoms with Gasteiger partial charge >= 0.3 is 0 Å². The molecule has 168 valence electrons. The molecule has 0 bridgehead atoms. The van der Waals surface area contributed by atoms with E-state index in [9.17, 15) is 4.79 Å². The van der Waals surface area contributed by atoms with Crippen molar-refractivity contribution in [3.05, 3.63) is 22.7 Å². The molecular formula is C22H30N4O4S. The van der Waals surface area contributed by atoms with E-state index in [1.807, 2.05) is 4.90 Å². The normalized spacial score (nSPS) is 17.5. The zero-order valence-electron chi connectivity index (χ0n) is 18.4. The SMILES string of the molecule is COc1cc(C(=O)N2CCN(c3nnc(C4CCCCC4)s3)CC2)cc(OC)c1OC. The van der Waals surface area contributed by atoms with Crippen molar-refractivity contribution < 1.29 is 19.0 Å². The molecule has 1 saturated carbocycles. The van der Waals surface area contributed by atoms with E-state index >= 15 is 0 Å². The van der Waals surface area contributed by atoms with Gasteiger partial charge in [-0.05, 0) is 25.0 Å². The number of methoxy groups -OCH3 is 3. The summed E-state index contributed by atoms with van der Waals surface area (Å²) in [6.45, 7) is 2.76. The molecule has 2 aromatic rings. The van der Waals surface area contributed by atoms with Gasteiger partial charge in [0.15, 0.2) is 11.5 Å². The Morgan fingerprint density at radius 1 is 0.935 bits per heavy atom. The lowest BCUT2D eigenvalue weighted by Gasteiger charge is -2.34. The van der Waals surface area contributed by atoms with Crippen LogP contribution in [0.25, 0.3) is 0 Å². The molecule has 4 rings (SSSR count). The Balaban J connectivity index is 1.41. The third kappa shape index (κ3) is 4.56. The summed E-state index contributed by atoms with van der Waals surface area (Å²) in [5.41, 5.74) is 0.526. The molecule has 31 heavy (non-hydrogen) atoms. The molecule has 1 saturated heterocycles. The summed E-state index contributed by atoms with van der Waals surface area (Å²) in [6, 6.07) is 3.41. The van der Waals surface area contributed by atoms with Gasteiger partial charge in [0.2, 0.25) is 10.9 Å². The molecule has 1 aliphatic heterocycles. The Labute approximate surface area is 187 Å². The zero-order valence-corrected chi connectivity index (χ0v) is 19.2. The number of aromatic nitrogens is 2. The molecular weight excluding hydrogens is 416 g/mol. The summed E-state index contributed by atoms with van der Waals surface area (Å²) in [5, 5.41) is 11.1. The Morgan fingerprint density at radius 2 is 1.58 bits per heavy atom. The van der Waals surface area contributed by atoms with Crippen LogP contribution in [0, 0.1) is 0 Å². The zero-order chi connectivity index (χ0) is 21.8. The molecule has 1 amide bonds. The summed E-state index contributed by atoms with van der Waals surface area (Å²) < 4.78 is 16.1. The van der Waals surface area contributed by atoms with E-state index in [-0.39, 0.29) is 5.91 Å². The van der Waals surface area contributed by atoms with Crippen molar-refractivity contribution in [2.24, 2.45) is 0 Å². The average Bonchev–Trinajstić information content (AvgIpc) is 3.33. The molecule has 1 aliphatic carbocycles. The van der Waals surface area contributed by atoms with Gasteiger partial charge in [0.1, 0.15) is 5.01 Å². The Morgan fingerprint density at radius 3 is 2.16 bits per heavy atom. The van der Waals surface area contributed by atoms with E-state index in [2.05, 4.69) is 15.1 Å². The number of amides is 1. The van der Waals surface area contributed by atoms with Gasteiger partial charge in [-0.2, -0.15) is 0 Å². The van der Waals surface area contributed by atoms with Gasteiger partial charge in [0.05, 0.1) is 21.3 Å². The molecule has 2 heterocycles. The minimum absolute atomic E-state index is 0.0425. The number of ether oxygens (including phenoxy) is 3. The van der Waals surface area contributed by atoms with E-state index in [1.165, 1.54) is 37.1 Å². The summed E-state index contributed by atoms with van der Waals surface area (Å²) in [4.78, 5) is 17.2. The molecule has 9 heteroatoms. The fourth-order valence-corrected chi connectivity index (χ4v) is 5.42. The summed E-state index contributed by atoms with van der Waals surface area (Å²) in [7, 11) is 4.65. The number of carbonyl (C=O) groups excluding carboxylic acids is 1. The topological polar surface area (TPSA) is 77.0 Å². The van der Waals surface area contributed by atoms with Crippen LogP contribution < -0.4 is 19.1 Å². The number of piperazine rings is 1. The van der Waals surface area contributed by atoms with Crippen LogP contribution in [0.3, 0.4) is 0 Å². The van der Waals surface area contributed by atoms with Gasteiger partial charge in [-0.1, -0.05) is 30.6 Å². The van der Waals surface area contributed by atoms with Crippen molar-refractivity contribution in [2.45, 2.75) is 38.0 Å². The molecule has 1 aromatic carbocycles. The van der Waals surface area contributed by atoms with E-state index < -0.39 is 0 Å². The molecule has 8 nitrogen and oxygen atoms in total. The molecule has 2 aliphatic rings. The first kappa shape index (κ1) is 21.7. The van der Waals surface area contributed by atoms with Crippen LogP contribution in [0.5, 0.6) is 17.2 Å². The van der Waals surface area contributed by atoms with Crippen LogP contribution in [0.4, 0.5) is 5.13 Å². The van der Waals surface area contributed by atoms with E-state index in [0.717, 1.165) is 18.2 Å². The lowest BCUT2D eigenvalue weighted by Crippen LogP contribution is -2.48. The van der Waals surface area contributed by atoms with Gasteiger partial charge in [-0.15, -0.1) is 10.2 Å². The lowest BCUT2D eigenvalue weighted by atomic mass is 9.90. The number of hydrogen-bond donors (Lipinski definition) is 0. The highest BCUT2D eigenvalue weighted by atomic mass is 32.1. The number of carbonyl (C=O) groups is 1. The van der Waals surface area contributed by atoms with Crippen molar-refractivity contribution in [2.75, 3.05) is 52.4 Å². The molecule has 0 spiro atoms. The first-order valence-corrected chi connectivity index (χ1v) is 11.6. The number of rotatable bonds is 6. The van der Waals surface area contributed by atoms with Gasteiger partial charge in [0, 0.05) is 37.7 Å². The van der Waals surface area contributed by atoms with Gasteiger partial charge in [-0.25, -0.2) is 0 Å². The molecule has 1 aromatic heterocycles. The van der Waals surface area contributed by atoms with Crippen LogP contribution >= 0.6 is 11.3 Å². The monoisotopic (exact) mass is 446 g/mol. The van der Waals surface area contributed by atoms with Crippen LogP contribution in [-0.4, -0.2) is 68.5 Å². The Kier molecular flexibility index (Phi) is 6.80. The van der Waals surface area contributed by atoms with Crippen LogP contribution in [0.1, 0.15) is 53.4 Å². The van der Waals surface area contributed by atoms with Gasteiger partial charge < -0.3 is 24.0 Å². The quantitative estimate of drug-likeness (QED) is 0.671. The third-order valence-corrected chi connectivity index (χ3v) is 7.28. The molecule has 0 N–H and O–H groups in total. The van der Waals surface area contributed by atoms with Gasteiger partial charge in [-0.3, -0.25) is 4.79 Å². The Hall–Kier alpha value is -2.55. The lowest BCUT2D eigenvalue weighted by molar-refractivity contribution is 0.0746.